The number of halogens is 3. The molecule has 0 saturated carbocycles. The van der Waals surface area contributed by atoms with E-state index in [9.17, 15) is 31.8 Å². The Morgan fingerprint density at radius 3 is 1.24 bits per heavy atom. The first-order valence-corrected chi connectivity index (χ1v) is 38.4. The highest BCUT2D eigenvalue weighted by Gasteiger charge is 2.19. The van der Waals surface area contributed by atoms with Crippen LogP contribution in [0.25, 0.3) is 55.3 Å². The summed E-state index contributed by atoms with van der Waals surface area (Å²) < 4.78 is 42.9. The van der Waals surface area contributed by atoms with Gasteiger partial charge in [-0.2, -0.15) is 9.97 Å². The molecule has 10 heterocycles. The molecule has 0 amide bonds. The van der Waals surface area contributed by atoms with Crippen LogP contribution in [-0.4, -0.2) is 166 Å². The quantitative estimate of drug-likeness (QED) is 0.0756. The number of fused-ring (bicyclic) bond motifs is 4. The van der Waals surface area contributed by atoms with Gasteiger partial charge in [0.25, 0.3) is 22.2 Å². The van der Waals surface area contributed by atoms with Crippen LogP contribution in [0, 0.1) is 0 Å². The fourth-order valence-corrected chi connectivity index (χ4v) is 13.8. The minimum Gasteiger partial charge on any atom is -0.369 e. The van der Waals surface area contributed by atoms with Crippen LogP contribution < -0.4 is 42.7 Å². The number of piperazine rings is 2. The van der Waals surface area contributed by atoms with Gasteiger partial charge in [0.2, 0.25) is 17.1 Å². The summed E-state index contributed by atoms with van der Waals surface area (Å²) in [5, 5.41) is 10.6. The van der Waals surface area contributed by atoms with Crippen LogP contribution in [0.1, 0.15) is 35.1 Å². The number of sulfone groups is 1. The van der Waals surface area contributed by atoms with Crippen LogP contribution in [0.2, 0.25) is 0 Å². The normalized spacial score (nSPS) is 13.8. The number of aryl methyl sites for hydroxylation is 4. The predicted octanol–water partition coefficient (Wildman–Crippen LogP) is 10.7. The highest BCUT2D eigenvalue weighted by Crippen LogP contribution is 2.27. The van der Waals surface area contributed by atoms with Crippen LogP contribution >= 0.6 is 59.6 Å². The van der Waals surface area contributed by atoms with Gasteiger partial charge in [-0.3, -0.25) is 41.7 Å². The second kappa shape index (κ2) is 33.3. The standard InChI is InChI=1S/C27H30N6O3S.C20H23BrN6O.C10H10BrN3O2S.C10H10BrN3OS.CH4/c1-4-33-25-20(17-24(26(33)34)19-5-11-23(12-6-19)37(3,35)36)18-28-27(30-25)29-21-7-9-22(10-8-21)32-15-13-31(2)14-16-32;1-3-27-18-14(12-17(21)19(27)28)13-22-20(24-18)23-15-4-6-16(7-5-15)26-10-8-25(2)9-11-26;1-3-14-8-6(4-7(11)9(14)15)5-12-10(13-8)17(2)16;1-3-14-8-6(4-7(11)9(14)15)5-12-10(13-8)16-2;/h5-12,17-18H,4,13-16H2,1-3H3,(H,28,29,30);4-7,12-13H,3,8-11H2,1-2H3,(H,22,23,24);4-5H,3H2,1-2H3;4-5H,3H2,1-2H3;1H4. The highest BCUT2D eigenvalue weighted by molar-refractivity contribution is 9.11. The van der Waals surface area contributed by atoms with Gasteiger partial charge in [-0.25, -0.2) is 38.3 Å². The SMILES string of the molecule is C.CCn1c(=O)c(-c2ccc(S(C)(=O)=O)cc2)cc2cnc(Nc3ccc(N4CCN(C)CC4)cc3)nc21.CCn1c(=O)c(Br)cc2cnc(Nc3ccc(N4CCN(C)CC4)cc3)nc21.CCn1c(=O)c(Br)cc2cnc(S(C)=O)nc21.CCn1c(=O)c(Br)cc2cnc(SC)nc21. The van der Waals surface area contributed by atoms with Crippen LogP contribution in [0.15, 0.2) is 170 Å². The number of anilines is 6. The third-order valence-electron chi connectivity index (χ3n) is 16.4. The number of hydrogen-bond donors (Lipinski definition) is 2. The Morgan fingerprint density at radius 2 is 0.859 bits per heavy atom. The average Bonchev–Trinajstić information content (AvgIpc) is 0.793. The molecule has 1 atom stereocenters. The summed E-state index contributed by atoms with van der Waals surface area (Å²) in [7, 11) is -0.270. The fraction of sp³-hybridized carbons (Fsp3) is 0.324. The van der Waals surface area contributed by atoms with Crippen molar-refractivity contribution in [1.29, 1.82) is 0 Å². The lowest BCUT2D eigenvalue weighted by molar-refractivity contribution is 0.313. The zero-order chi connectivity index (χ0) is 70.1. The van der Waals surface area contributed by atoms with Gasteiger partial charge in [-0.05, 0) is 186 Å². The third-order valence-corrected chi connectivity index (χ3v) is 20.5. The summed E-state index contributed by atoms with van der Waals surface area (Å²) in [5.74, 6) is 0.885. The van der Waals surface area contributed by atoms with Crippen molar-refractivity contribution in [2.45, 2.75) is 76.5 Å². The Kier molecular flexibility index (Phi) is 25.3. The van der Waals surface area contributed by atoms with Crippen molar-refractivity contribution < 1.29 is 12.6 Å². The maximum atomic E-state index is 13.3. The molecule has 31 heteroatoms. The molecular formula is C68H77Br3N18O7S3. The number of aromatic nitrogens is 12. The number of rotatable bonds is 14. The molecule has 0 spiro atoms. The maximum Gasteiger partial charge on any atom is 0.266 e. The Balaban J connectivity index is 0.000000163. The van der Waals surface area contributed by atoms with Gasteiger partial charge in [0, 0.05) is 166 Å². The van der Waals surface area contributed by atoms with Crippen molar-refractivity contribution in [3.05, 3.63) is 177 Å². The van der Waals surface area contributed by atoms with E-state index in [1.807, 2.05) is 58.2 Å². The van der Waals surface area contributed by atoms with Crippen molar-refractivity contribution in [2.24, 2.45) is 0 Å². The van der Waals surface area contributed by atoms with Crippen molar-refractivity contribution >= 4 is 159 Å². The predicted molar refractivity (Wildman–Crippen MR) is 409 cm³/mol. The van der Waals surface area contributed by atoms with E-state index in [1.165, 1.54) is 46.1 Å². The summed E-state index contributed by atoms with van der Waals surface area (Å²) in [4.78, 5) is 93.9. The molecule has 2 aliphatic heterocycles. The van der Waals surface area contributed by atoms with Crippen molar-refractivity contribution in [3.8, 4) is 11.1 Å². The van der Waals surface area contributed by atoms with E-state index < -0.39 is 20.6 Å². The van der Waals surface area contributed by atoms with E-state index in [0.29, 0.717) is 90.4 Å². The van der Waals surface area contributed by atoms with E-state index in [-0.39, 0.29) is 39.7 Å². The van der Waals surface area contributed by atoms with Crippen LogP contribution in [0.4, 0.5) is 34.6 Å². The van der Waals surface area contributed by atoms with E-state index in [0.717, 1.165) is 91.5 Å². The lowest BCUT2D eigenvalue weighted by atomic mass is 10.1. The van der Waals surface area contributed by atoms with Crippen LogP contribution in [-0.2, 0) is 46.8 Å². The summed E-state index contributed by atoms with van der Waals surface area (Å²) in [5.41, 5.74) is 7.20. The molecule has 2 N–H and O–H groups in total. The first-order chi connectivity index (χ1) is 47.0. The number of nitrogens with zero attached hydrogens (tertiary/aromatic N) is 16. The Labute approximate surface area is 605 Å². The summed E-state index contributed by atoms with van der Waals surface area (Å²) >= 11 is 11.2. The van der Waals surface area contributed by atoms with E-state index >= 15 is 0 Å². The first kappa shape index (κ1) is 75.0. The van der Waals surface area contributed by atoms with Gasteiger partial charge < -0.3 is 30.2 Å². The van der Waals surface area contributed by atoms with Gasteiger partial charge in [0.05, 0.1) is 29.1 Å². The van der Waals surface area contributed by atoms with E-state index in [2.05, 4.69) is 156 Å². The van der Waals surface area contributed by atoms with Gasteiger partial charge in [0.1, 0.15) is 22.6 Å². The molecule has 13 rings (SSSR count). The molecule has 1 unspecified atom stereocenters. The number of benzene rings is 3. The molecule has 25 nitrogen and oxygen atoms in total. The average molecular weight is 1590 g/mol. The van der Waals surface area contributed by atoms with E-state index in [4.69, 9.17) is 0 Å². The van der Waals surface area contributed by atoms with E-state index in [1.54, 1.807) is 74.9 Å². The molecular weight excluding hydrogens is 1520 g/mol. The molecule has 0 radical (unpaired) electrons. The minimum atomic E-state index is -3.31. The Bertz CT molecular complexity index is 5130. The number of nitrogens with one attached hydrogen (secondary N) is 2. The molecule has 2 saturated heterocycles. The molecule has 0 bridgehead atoms. The minimum absolute atomic E-state index is 0. The van der Waals surface area contributed by atoms with Crippen LogP contribution in [0.5, 0.6) is 0 Å². The molecule has 0 aliphatic carbocycles. The monoisotopic (exact) mass is 1590 g/mol. The Morgan fingerprint density at radius 1 is 0.495 bits per heavy atom. The fourth-order valence-electron chi connectivity index (χ4n) is 11.0. The van der Waals surface area contributed by atoms with Gasteiger partial charge in [-0.15, -0.1) is 0 Å². The summed E-state index contributed by atoms with van der Waals surface area (Å²) in [6.07, 6.45) is 11.3. The molecule has 520 valence electrons. The second-order valence-electron chi connectivity index (χ2n) is 22.9. The van der Waals surface area contributed by atoms with Crippen molar-refractivity contribution in [2.75, 3.05) is 106 Å². The zero-order valence-electron chi connectivity index (χ0n) is 55.4. The molecule has 3 aromatic carbocycles. The Hall–Kier alpha value is -8.17. The third kappa shape index (κ3) is 17.7. The maximum absolute atomic E-state index is 13.3. The zero-order valence-corrected chi connectivity index (χ0v) is 62.6. The number of hydrogen-bond acceptors (Lipinski definition) is 22. The second-order valence-corrected chi connectivity index (χ2v) is 29.5. The molecule has 8 aromatic heterocycles. The summed E-state index contributed by atoms with van der Waals surface area (Å²) in [6, 6.07) is 29.8. The molecule has 2 aliphatic rings. The number of likely N-dealkylation sites (N-methyl/N-ethyl adjacent to an activating group) is 2. The summed E-state index contributed by atoms with van der Waals surface area (Å²) in [6.45, 7) is 18.1. The van der Waals surface area contributed by atoms with Crippen molar-refractivity contribution in [1.82, 2.24) is 67.9 Å². The first-order valence-electron chi connectivity index (χ1n) is 31.4. The molecule has 11 aromatic rings. The smallest absolute Gasteiger partial charge is 0.266 e. The highest BCUT2D eigenvalue weighted by atomic mass is 79.9. The molecule has 99 heavy (non-hydrogen) atoms. The lowest BCUT2D eigenvalue weighted by Crippen LogP contribution is -2.44. The molecule has 2 fully saturated rings. The largest absolute Gasteiger partial charge is 0.369 e. The topological polar surface area (TPSA) is 279 Å². The van der Waals surface area contributed by atoms with Crippen molar-refractivity contribution in [3.63, 3.8) is 0 Å². The van der Waals surface area contributed by atoms with Crippen LogP contribution in [0.3, 0.4) is 0 Å². The number of pyridine rings is 4. The van der Waals surface area contributed by atoms with Gasteiger partial charge in [0.15, 0.2) is 15.0 Å². The number of thioether (sulfide) groups is 1. The lowest BCUT2D eigenvalue weighted by Gasteiger charge is -2.34. The van der Waals surface area contributed by atoms with Gasteiger partial charge >= 0.3 is 0 Å². The van der Waals surface area contributed by atoms with Gasteiger partial charge in [-0.1, -0.05) is 31.3 Å².